The van der Waals surface area contributed by atoms with Crippen LogP contribution in [-0.4, -0.2) is 33.1 Å². The Bertz CT molecular complexity index is 413. The molecule has 6 nitrogen and oxygen atoms in total. The summed E-state index contributed by atoms with van der Waals surface area (Å²) in [5.41, 5.74) is -0.443. The van der Waals surface area contributed by atoms with E-state index in [2.05, 4.69) is 29.6 Å². The van der Waals surface area contributed by atoms with Crippen LogP contribution >= 0.6 is 0 Å². The van der Waals surface area contributed by atoms with Crippen molar-refractivity contribution in [3.8, 4) is 0 Å². The van der Waals surface area contributed by atoms with Crippen LogP contribution in [0.15, 0.2) is 12.3 Å². The molecule has 0 fully saturated rings. The monoisotopic (exact) mass is 268 g/mol. The second-order valence-corrected chi connectivity index (χ2v) is 5.73. The Labute approximate surface area is 114 Å². The van der Waals surface area contributed by atoms with E-state index in [-0.39, 0.29) is 12.6 Å². The zero-order chi connectivity index (χ0) is 14.5. The number of nitrogens with zero attached hydrogens (tertiary/aromatic N) is 2. The molecule has 0 aromatic carbocycles. The highest BCUT2D eigenvalue weighted by atomic mass is 16.3. The van der Waals surface area contributed by atoms with Gasteiger partial charge in [-0.3, -0.25) is 5.32 Å². The highest BCUT2D eigenvalue weighted by Crippen LogP contribution is 2.11. The van der Waals surface area contributed by atoms with Crippen LogP contribution < -0.4 is 10.6 Å². The molecule has 6 heteroatoms. The highest BCUT2D eigenvalue weighted by Gasteiger charge is 2.20. The molecule has 0 atom stereocenters. The van der Waals surface area contributed by atoms with Gasteiger partial charge in [-0.15, -0.1) is 0 Å². The second kappa shape index (κ2) is 6.56. The lowest BCUT2D eigenvalue weighted by molar-refractivity contribution is 0.218. The first-order chi connectivity index (χ1) is 8.84. The Balaban J connectivity index is 2.60. The Kier molecular flexibility index (Phi) is 5.35. The molecule has 0 saturated carbocycles. The molecule has 0 radical (unpaired) electrons. The molecule has 3 N–H and O–H groups in total. The van der Waals surface area contributed by atoms with Crippen molar-refractivity contribution in [3.05, 3.63) is 12.3 Å². The molecule has 1 aromatic heterocycles. The van der Waals surface area contributed by atoms with Gasteiger partial charge < -0.3 is 10.4 Å². The van der Waals surface area contributed by atoms with Crippen LogP contribution in [-0.2, 0) is 6.54 Å². The number of rotatable bonds is 6. The van der Waals surface area contributed by atoms with Crippen molar-refractivity contribution < 1.29 is 9.90 Å². The van der Waals surface area contributed by atoms with Gasteiger partial charge in [0.1, 0.15) is 5.82 Å². The molecule has 1 aromatic rings. The molecule has 0 aliphatic carbocycles. The van der Waals surface area contributed by atoms with Crippen molar-refractivity contribution in [3.63, 3.8) is 0 Å². The van der Waals surface area contributed by atoms with E-state index in [1.165, 1.54) is 0 Å². The summed E-state index contributed by atoms with van der Waals surface area (Å²) in [4.78, 5) is 11.9. The van der Waals surface area contributed by atoms with E-state index in [0.717, 1.165) is 6.54 Å². The quantitative estimate of drug-likeness (QED) is 0.736. The number of carbonyl (C=O) groups excluding carboxylic acids is 1. The number of hydrogen-bond donors (Lipinski definition) is 3. The fourth-order valence-electron chi connectivity index (χ4n) is 1.73. The third kappa shape index (κ3) is 5.30. The predicted octanol–water partition coefficient (Wildman–Crippen LogP) is 1.82. The van der Waals surface area contributed by atoms with Crippen molar-refractivity contribution in [2.24, 2.45) is 5.92 Å². The van der Waals surface area contributed by atoms with Gasteiger partial charge in [0, 0.05) is 24.8 Å². The van der Waals surface area contributed by atoms with Gasteiger partial charge in [0.2, 0.25) is 0 Å². The number of anilines is 1. The van der Waals surface area contributed by atoms with E-state index in [9.17, 15) is 4.79 Å². The summed E-state index contributed by atoms with van der Waals surface area (Å²) in [7, 11) is 0. The van der Waals surface area contributed by atoms with Gasteiger partial charge in [-0.25, -0.2) is 9.48 Å². The molecule has 1 rings (SSSR count). The lowest BCUT2D eigenvalue weighted by atomic mass is 10.0. The molecule has 0 aliphatic heterocycles. The van der Waals surface area contributed by atoms with E-state index in [1.807, 2.05) is 13.8 Å². The number of carbonyl (C=O) groups is 1. The van der Waals surface area contributed by atoms with Crippen LogP contribution in [0.3, 0.4) is 0 Å². The maximum atomic E-state index is 11.9. The number of aliphatic hydroxyl groups is 1. The van der Waals surface area contributed by atoms with E-state index >= 15 is 0 Å². The number of amides is 2. The van der Waals surface area contributed by atoms with E-state index in [4.69, 9.17) is 5.11 Å². The fourth-order valence-corrected chi connectivity index (χ4v) is 1.73. The van der Waals surface area contributed by atoms with Crippen molar-refractivity contribution in [1.82, 2.24) is 15.1 Å². The zero-order valence-corrected chi connectivity index (χ0v) is 12.1. The number of urea groups is 1. The molecule has 0 bridgehead atoms. The largest absolute Gasteiger partial charge is 0.396 e. The highest BCUT2D eigenvalue weighted by molar-refractivity contribution is 5.88. The zero-order valence-electron chi connectivity index (χ0n) is 12.1. The van der Waals surface area contributed by atoms with E-state index in [1.54, 1.807) is 16.9 Å². The summed E-state index contributed by atoms with van der Waals surface area (Å²) in [6.07, 6.45) is 2.17. The third-order valence-corrected chi connectivity index (χ3v) is 2.68. The summed E-state index contributed by atoms with van der Waals surface area (Å²) in [6.45, 7) is 8.72. The van der Waals surface area contributed by atoms with Crippen molar-refractivity contribution in [2.45, 2.75) is 46.2 Å². The molecule has 0 saturated heterocycles. The molecule has 1 heterocycles. The summed E-state index contributed by atoms with van der Waals surface area (Å²) in [6, 6.07) is 1.48. The Morgan fingerprint density at radius 3 is 2.79 bits per heavy atom. The van der Waals surface area contributed by atoms with Crippen LogP contribution in [0.5, 0.6) is 0 Å². The van der Waals surface area contributed by atoms with Crippen molar-refractivity contribution in [2.75, 3.05) is 11.9 Å². The maximum absolute atomic E-state index is 11.9. The molecule has 19 heavy (non-hydrogen) atoms. The van der Waals surface area contributed by atoms with Crippen LogP contribution in [0, 0.1) is 5.92 Å². The molecule has 0 aliphatic rings. The smallest absolute Gasteiger partial charge is 0.320 e. The Hall–Kier alpha value is -1.56. The number of aromatic nitrogens is 2. The summed E-state index contributed by atoms with van der Waals surface area (Å²) >= 11 is 0. The molecule has 0 spiro atoms. The first-order valence-corrected chi connectivity index (χ1v) is 6.56. The lowest BCUT2D eigenvalue weighted by Crippen LogP contribution is -2.46. The van der Waals surface area contributed by atoms with Gasteiger partial charge in [0.15, 0.2) is 0 Å². The minimum Gasteiger partial charge on any atom is -0.396 e. The van der Waals surface area contributed by atoms with Crippen LogP contribution in [0.2, 0.25) is 0 Å². The number of hydrogen-bond acceptors (Lipinski definition) is 3. The molecule has 2 amide bonds. The standard InChI is InChI=1S/C13H24N4O2/c1-10(2)9-17-11(5-7-14-17)15-12(19)16-13(3,4)6-8-18/h5,7,10,18H,6,8-9H2,1-4H3,(H2,15,16,19). The minimum atomic E-state index is -0.443. The maximum Gasteiger partial charge on any atom is 0.320 e. The summed E-state index contributed by atoms with van der Waals surface area (Å²) in [5.74, 6) is 1.13. The summed E-state index contributed by atoms with van der Waals surface area (Å²) < 4.78 is 1.77. The van der Waals surface area contributed by atoms with Crippen molar-refractivity contribution in [1.29, 1.82) is 0 Å². The molecular weight excluding hydrogens is 244 g/mol. The average molecular weight is 268 g/mol. The molecular formula is C13H24N4O2. The van der Waals surface area contributed by atoms with E-state index < -0.39 is 5.54 Å². The van der Waals surface area contributed by atoms with Crippen molar-refractivity contribution >= 4 is 11.8 Å². The van der Waals surface area contributed by atoms with Crippen LogP contribution in [0.1, 0.15) is 34.1 Å². The first kappa shape index (κ1) is 15.5. The first-order valence-electron chi connectivity index (χ1n) is 6.56. The van der Waals surface area contributed by atoms with Gasteiger partial charge in [0.05, 0.1) is 6.20 Å². The minimum absolute atomic E-state index is 0.0402. The number of aliphatic hydroxyl groups excluding tert-OH is 1. The molecule has 108 valence electrons. The Morgan fingerprint density at radius 2 is 2.21 bits per heavy atom. The van der Waals surface area contributed by atoms with Crippen LogP contribution in [0.25, 0.3) is 0 Å². The summed E-state index contributed by atoms with van der Waals surface area (Å²) in [5, 5.41) is 18.7. The SMILES string of the molecule is CC(C)Cn1nccc1NC(=O)NC(C)(C)CCO. The van der Waals surface area contributed by atoms with Gasteiger partial charge >= 0.3 is 6.03 Å². The Morgan fingerprint density at radius 1 is 1.53 bits per heavy atom. The topological polar surface area (TPSA) is 79.2 Å². The normalized spacial score (nSPS) is 11.7. The fraction of sp³-hybridized carbons (Fsp3) is 0.692. The number of nitrogens with one attached hydrogen (secondary N) is 2. The average Bonchev–Trinajstić information content (AvgIpc) is 2.63. The predicted molar refractivity (Wildman–Crippen MR) is 75.0 cm³/mol. The second-order valence-electron chi connectivity index (χ2n) is 5.73. The van der Waals surface area contributed by atoms with Gasteiger partial charge in [0.25, 0.3) is 0 Å². The lowest BCUT2D eigenvalue weighted by Gasteiger charge is -2.25. The van der Waals surface area contributed by atoms with E-state index in [0.29, 0.717) is 18.2 Å². The van der Waals surface area contributed by atoms with Gasteiger partial charge in [-0.2, -0.15) is 5.10 Å². The van der Waals surface area contributed by atoms with Gasteiger partial charge in [-0.05, 0) is 26.2 Å². The van der Waals surface area contributed by atoms with Gasteiger partial charge in [-0.1, -0.05) is 13.8 Å². The molecule has 0 unspecified atom stereocenters. The van der Waals surface area contributed by atoms with Crippen LogP contribution in [0.4, 0.5) is 10.6 Å². The third-order valence-electron chi connectivity index (χ3n) is 2.68.